The third kappa shape index (κ3) is 4.99. The van der Waals surface area contributed by atoms with Gasteiger partial charge in [0, 0.05) is 30.8 Å². The molecule has 3 N–H and O–H groups in total. The molecule has 2 aromatic heterocycles. The summed E-state index contributed by atoms with van der Waals surface area (Å²) >= 11 is 0. The lowest BCUT2D eigenvalue weighted by atomic mass is 9.91. The average molecular weight is 481 g/mol. The molecule has 3 heterocycles. The molecule has 3 amide bonds. The Hall–Kier alpha value is -3.86. The van der Waals surface area contributed by atoms with Crippen molar-refractivity contribution in [2.24, 2.45) is 5.92 Å². The van der Waals surface area contributed by atoms with Gasteiger partial charge in [0.05, 0.1) is 31.1 Å². The van der Waals surface area contributed by atoms with E-state index in [1.165, 1.54) is 21.5 Å². The van der Waals surface area contributed by atoms with E-state index in [1.807, 2.05) is 4.90 Å². The summed E-state index contributed by atoms with van der Waals surface area (Å²) in [5, 5.41) is 20.7. The SMILES string of the molecule is COc1cccc(NC(=O)Nc2cc3c(=O)n(CC4(O)CCN(C(=O)C5CC5)CC4)cnn3c2)c1. The lowest BCUT2D eigenvalue weighted by Crippen LogP contribution is -2.50. The predicted octanol–water partition coefficient (Wildman–Crippen LogP) is 1.91. The van der Waals surface area contributed by atoms with Crippen molar-refractivity contribution < 1.29 is 19.4 Å². The molecule has 0 spiro atoms. The number of carbonyl (C=O) groups is 2. The van der Waals surface area contributed by atoms with Crippen molar-refractivity contribution in [2.75, 3.05) is 30.8 Å². The molecule has 0 atom stereocenters. The molecule has 35 heavy (non-hydrogen) atoms. The van der Waals surface area contributed by atoms with E-state index in [2.05, 4.69) is 15.7 Å². The number of urea groups is 1. The van der Waals surface area contributed by atoms with E-state index in [9.17, 15) is 19.5 Å². The van der Waals surface area contributed by atoms with E-state index in [1.54, 1.807) is 37.6 Å². The van der Waals surface area contributed by atoms with Crippen LogP contribution in [-0.2, 0) is 11.3 Å². The summed E-state index contributed by atoms with van der Waals surface area (Å²) in [6, 6.07) is 8.02. The summed E-state index contributed by atoms with van der Waals surface area (Å²) in [7, 11) is 1.54. The third-order valence-electron chi connectivity index (χ3n) is 6.58. The molecule has 184 valence electrons. The number of carbonyl (C=O) groups excluding carboxylic acids is 2. The van der Waals surface area contributed by atoms with E-state index in [-0.39, 0.29) is 29.4 Å². The first-order chi connectivity index (χ1) is 16.8. The van der Waals surface area contributed by atoms with Crippen LogP contribution in [-0.4, -0.2) is 61.9 Å². The Morgan fingerprint density at radius 1 is 1.17 bits per heavy atom. The molecule has 2 fully saturated rings. The van der Waals surface area contributed by atoms with Crippen molar-refractivity contribution in [1.82, 2.24) is 19.1 Å². The zero-order chi connectivity index (χ0) is 24.6. The fraction of sp³-hybridized carbons (Fsp3) is 0.417. The Bertz CT molecular complexity index is 1320. The number of hydrogen-bond donors (Lipinski definition) is 3. The average Bonchev–Trinajstić information content (AvgIpc) is 3.61. The number of benzene rings is 1. The number of fused-ring (bicyclic) bond motifs is 1. The maximum absolute atomic E-state index is 13.1. The number of ether oxygens (including phenoxy) is 1. The molecule has 1 saturated carbocycles. The number of likely N-dealkylation sites (tertiary alicyclic amines) is 1. The summed E-state index contributed by atoms with van der Waals surface area (Å²) in [6.45, 7) is 1.06. The van der Waals surface area contributed by atoms with E-state index in [0.717, 1.165) is 12.8 Å². The zero-order valence-corrected chi connectivity index (χ0v) is 19.4. The number of aliphatic hydroxyl groups is 1. The van der Waals surface area contributed by atoms with Crippen LogP contribution in [0.25, 0.3) is 5.52 Å². The number of nitrogens with one attached hydrogen (secondary N) is 2. The quantitative estimate of drug-likeness (QED) is 0.494. The van der Waals surface area contributed by atoms with E-state index in [4.69, 9.17) is 4.74 Å². The molecule has 5 rings (SSSR count). The summed E-state index contributed by atoms with van der Waals surface area (Å²) < 4.78 is 7.93. The Balaban J connectivity index is 1.25. The largest absolute Gasteiger partial charge is 0.497 e. The standard InChI is InChI=1S/C24H28N6O5/c1-35-19-4-2-3-17(11-19)26-23(33)27-18-12-20-22(32)29(15-25-30(20)13-18)14-24(34)7-9-28(10-8-24)21(31)16-5-6-16/h2-4,11-13,15-16,34H,5-10,14H2,1H3,(H2,26,27,33). The highest BCUT2D eigenvalue weighted by Crippen LogP contribution is 2.33. The molecule has 1 aliphatic heterocycles. The van der Waals surface area contributed by atoms with Gasteiger partial charge in [0.1, 0.15) is 17.6 Å². The van der Waals surface area contributed by atoms with Gasteiger partial charge in [0.25, 0.3) is 5.56 Å². The molecule has 0 bridgehead atoms. The van der Waals surface area contributed by atoms with Crippen LogP contribution in [0, 0.1) is 5.92 Å². The topological polar surface area (TPSA) is 130 Å². The van der Waals surface area contributed by atoms with Crippen LogP contribution < -0.4 is 20.9 Å². The van der Waals surface area contributed by atoms with Crippen LogP contribution in [0.4, 0.5) is 16.2 Å². The van der Waals surface area contributed by atoms with Crippen molar-refractivity contribution in [1.29, 1.82) is 0 Å². The van der Waals surface area contributed by atoms with E-state index >= 15 is 0 Å². The van der Waals surface area contributed by atoms with Gasteiger partial charge in [-0.1, -0.05) is 6.07 Å². The Kier molecular flexibility index (Phi) is 5.93. The van der Waals surface area contributed by atoms with Gasteiger partial charge in [-0.2, -0.15) is 5.10 Å². The van der Waals surface area contributed by atoms with Crippen LogP contribution in [0.1, 0.15) is 25.7 Å². The van der Waals surface area contributed by atoms with Crippen LogP contribution in [0.15, 0.2) is 47.7 Å². The van der Waals surface area contributed by atoms with Gasteiger partial charge in [0.2, 0.25) is 5.91 Å². The highest BCUT2D eigenvalue weighted by Gasteiger charge is 2.39. The van der Waals surface area contributed by atoms with Gasteiger partial charge in [-0.25, -0.2) is 9.31 Å². The number of hydrogen-bond acceptors (Lipinski definition) is 6. The van der Waals surface area contributed by atoms with Gasteiger partial charge in [-0.15, -0.1) is 0 Å². The molecule has 1 saturated heterocycles. The van der Waals surface area contributed by atoms with Crippen LogP contribution >= 0.6 is 0 Å². The monoisotopic (exact) mass is 480 g/mol. The van der Waals surface area contributed by atoms with Crippen LogP contribution in [0.5, 0.6) is 5.75 Å². The lowest BCUT2D eigenvalue weighted by molar-refractivity contribution is -0.137. The molecular weight excluding hydrogens is 452 g/mol. The molecule has 2 aliphatic rings. The lowest BCUT2D eigenvalue weighted by Gasteiger charge is -2.38. The summed E-state index contributed by atoms with van der Waals surface area (Å²) in [5.74, 6) is 0.949. The predicted molar refractivity (Wildman–Crippen MR) is 129 cm³/mol. The van der Waals surface area contributed by atoms with E-state index in [0.29, 0.717) is 43.1 Å². The molecule has 0 radical (unpaired) electrons. The van der Waals surface area contributed by atoms with Crippen LogP contribution in [0.2, 0.25) is 0 Å². The Morgan fingerprint density at radius 2 is 1.91 bits per heavy atom. The van der Waals surface area contributed by atoms with Crippen molar-refractivity contribution in [3.8, 4) is 5.75 Å². The van der Waals surface area contributed by atoms with Gasteiger partial charge in [-0.3, -0.25) is 14.2 Å². The number of rotatable bonds is 6. The summed E-state index contributed by atoms with van der Waals surface area (Å²) in [6.07, 6.45) is 5.65. The first-order valence-electron chi connectivity index (χ1n) is 11.6. The highest BCUT2D eigenvalue weighted by atomic mass is 16.5. The third-order valence-corrected chi connectivity index (χ3v) is 6.58. The van der Waals surface area contributed by atoms with Gasteiger partial charge in [-0.05, 0) is 43.9 Å². The van der Waals surface area contributed by atoms with Crippen molar-refractivity contribution in [3.63, 3.8) is 0 Å². The number of anilines is 2. The Morgan fingerprint density at radius 3 is 2.63 bits per heavy atom. The fourth-order valence-electron chi connectivity index (χ4n) is 4.41. The fourth-order valence-corrected chi connectivity index (χ4v) is 4.41. The number of nitrogens with zero attached hydrogens (tertiary/aromatic N) is 4. The second kappa shape index (κ2) is 9.06. The normalized spacial score (nSPS) is 17.3. The summed E-state index contributed by atoms with van der Waals surface area (Å²) in [5.41, 5.74) is -0.183. The molecule has 0 unspecified atom stereocenters. The second-order valence-electron chi connectivity index (χ2n) is 9.26. The van der Waals surface area contributed by atoms with Crippen LogP contribution in [0.3, 0.4) is 0 Å². The number of aromatic nitrogens is 3. The minimum absolute atomic E-state index is 0.0884. The first-order valence-corrected chi connectivity index (χ1v) is 11.6. The maximum atomic E-state index is 13.1. The second-order valence-corrected chi connectivity index (χ2v) is 9.26. The highest BCUT2D eigenvalue weighted by molar-refractivity contribution is 6.00. The first kappa shape index (κ1) is 22.9. The molecular formula is C24H28N6O5. The smallest absolute Gasteiger partial charge is 0.323 e. The molecule has 1 aromatic carbocycles. The zero-order valence-electron chi connectivity index (χ0n) is 19.4. The molecule has 11 nitrogen and oxygen atoms in total. The minimum atomic E-state index is -1.09. The molecule has 1 aliphatic carbocycles. The number of methoxy groups -OCH3 is 1. The van der Waals surface area contributed by atoms with Crippen molar-refractivity contribution in [3.05, 3.63) is 53.2 Å². The molecule has 3 aromatic rings. The van der Waals surface area contributed by atoms with Gasteiger partial charge in [0.15, 0.2) is 0 Å². The summed E-state index contributed by atoms with van der Waals surface area (Å²) in [4.78, 5) is 39.6. The molecule has 11 heteroatoms. The minimum Gasteiger partial charge on any atom is -0.497 e. The Labute approximate surface area is 201 Å². The van der Waals surface area contributed by atoms with E-state index < -0.39 is 11.6 Å². The van der Waals surface area contributed by atoms with Gasteiger partial charge >= 0.3 is 6.03 Å². The number of piperidine rings is 1. The van der Waals surface area contributed by atoms with Crippen molar-refractivity contribution in [2.45, 2.75) is 37.8 Å². The van der Waals surface area contributed by atoms with Gasteiger partial charge < -0.3 is 25.4 Å². The van der Waals surface area contributed by atoms with Crippen molar-refractivity contribution >= 4 is 28.8 Å². The maximum Gasteiger partial charge on any atom is 0.323 e. The number of amides is 3.